The molecule has 184 valence electrons. The minimum Gasteiger partial charge on any atom is -0.486 e. The van der Waals surface area contributed by atoms with Gasteiger partial charge < -0.3 is 14.2 Å². The largest absolute Gasteiger partial charge is 0.486 e. The zero-order chi connectivity index (χ0) is 24.9. The number of carbonyl (C=O) groups excluding carboxylic acids is 3. The van der Waals surface area contributed by atoms with Crippen LogP contribution in [0.2, 0.25) is 0 Å². The van der Waals surface area contributed by atoms with Gasteiger partial charge in [0.25, 0.3) is 0 Å². The summed E-state index contributed by atoms with van der Waals surface area (Å²) < 4.78 is 16.5. The summed E-state index contributed by atoms with van der Waals surface area (Å²) in [5.41, 5.74) is -0.156. The van der Waals surface area contributed by atoms with Crippen molar-refractivity contribution in [3.8, 4) is 11.5 Å². The van der Waals surface area contributed by atoms with E-state index in [1.165, 1.54) is 23.3 Å². The molecule has 0 spiro atoms. The number of rotatable bonds is 5. The van der Waals surface area contributed by atoms with E-state index in [9.17, 15) is 14.4 Å². The molecule has 0 aliphatic carbocycles. The third-order valence-electron chi connectivity index (χ3n) is 7.16. The predicted octanol–water partition coefficient (Wildman–Crippen LogP) is 3.12. The summed E-state index contributed by atoms with van der Waals surface area (Å²) in [5.74, 6) is -2.03. The molecule has 4 heterocycles. The highest BCUT2D eigenvalue weighted by Gasteiger charge is 2.69. The number of imide groups is 1. The Balaban J connectivity index is 1.47. The number of thiophene rings is 1. The number of carbonyl (C=O) groups is 3. The number of amides is 2. The normalized spacial score (nSPS) is 26.7. The second kappa shape index (κ2) is 8.76. The van der Waals surface area contributed by atoms with Crippen LogP contribution < -0.4 is 19.7 Å². The van der Waals surface area contributed by atoms with Crippen LogP contribution in [0.5, 0.6) is 11.5 Å². The molecule has 2 amide bonds. The Hall–Kier alpha value is -3.69. The van der Waals surface area contributed by atoms with Crippen molar-refractivity contribution >= 4 is 34.8 Å². The molecule has 3 aliphatic rings. The molecular formula is C27H24N2O6S. The van der Waals surface area contributed by atoms with Gasteiger partial charge in [0, 0.05) is 17.4 Å². The Labute approximate surface area is 211 Å². The quantitative estimate of drug-likeness (QED) is 0.422. The van der Waals surface area contributed by atoms with Crippen molar-refractivity contribution in [2.75, 3.05) is 25.2 Å². The Bertz CT molecular complexity index is 1330. The van der Waals surface area contributed by atoms with Crippen molar-refractivity contribution in [2.45, 2.75) is 18.0 Å². The molecule has 3 aliphatic heterocycles. The maximum absolute atomic E-state index is 14.1. The van der Waals surface area contributed by atoms with E-state index in [1.807, 2.05) is 47.8 Å². The molecule has 2 fully saturated rings. The van der Waals surface area contributed by atoms with Crippen LogP contribution in [0, 0.1) is 11.8 Å². The number of benzene rings is 2. The molecule has 0 saturated carbocycles. The number of hydrogen-bond acceptors (Lipinski definition) is 8. The summed E-state index contributed by atoms with van der Waals surface area (Å²) in [4.78, 5) is 43.6. The summed E-state index contributed by atoms with van der Waals surface area (Å²) in [5, 5.41) is 5.33. The number of esters is 1. The van der Waals surface area contributed by atoms with E-state index in [4.69, 9.17) is 14.2 Å². The Morgan fingerprint density at radius 1 is 1.06 bits per heavy atom. The molecule has 9 heteroatoms. The number of nitrogens with zero attached hydrogens (tertiary/aromatic N) is 1. The first-order chi connectivity index (χ1) is 17.5. The first-order valence-electron chi connectivity index (χ1n) is 11.7. The molecule has 2 aromatic carbocycles. The third kappa shape index (κ3) is 3.42. The second-order valence-electron chi connectivity index (χ2n) is 9.11. The van der Waals surface area contributed by atoms with Crippen LogP contribution >= 0.6 is 11.3 Å². The van der Waals surface area contributed by atoms with Crippen molar-refractivity contribution in [2.24, 2.45) is 11.8 Å². The SMILES string of the molecule is COC(=O)[C@]1(Cc2ccccc2)N[C@@H](c2cccs2)[C@H]2C(=O)N(c3ccc4c(c3)OCCO4)C(=O)[C@@H]21. The van der Waals surface area contributed by atoms with E-state index in [0.29, 0.717) is 30.4 Å². The van der Waals surface area contributed by atoms with Crippen LogP contribution in [0.3, 0.4) is 0 Å². The summed E-state index contributed by atoms with van der Waals surface area (Å²) in [6, 6.07) is 17.8. The molecule has 1 N–H and O–H groups in total. The van der Waals surface area contributed by atoms with E-state index in [2.05, 4.69) is 5.32 Å². The van der Waals surface area contributed by atoms with Gasteiger partial charge in [-0.25, -0.2) is 4.90 Å². The minimum atomic E-state index is -1.41. The predicted molar refractivity (Wildman–Crippen MR) is 132 cm³/mol. The van der Waals surface area contributed by atoms with Gasteiger partial charge >= 0.3 is 5.97 Å². The molecule has 0 bridgehead atoms. The minimum absolute atomic E-state index is 0.206. The average molecular weight is 505 g/mol. The lowest BCUT2D eigenvalue weighted by Crippen LogP contribution is -2.57. The van der Waals surface area contributed by atoms with Gasteiger partial charge in [-0.3, -0.25) is 19.7 Å². The average Bonchev–Trinajstić information content (AvgIpc) is 3.61. The fourth-order valence-corrected chi connectivity index (χ4v) is 6.49. The number of fused-ring (bicyclic) bond motifs is 2. The van der Waals surface area contributed by atoms with Crippen LogP contribution in [0.1, 0.15) is 16.5 Å². The number of anilines is 1. The highest BCUT2D eigenvalue weighted by atomic mass is 32.1. The molecule has 0 unspecified atom stereocenters. The number of nitrogens with one attached hydrogen (secondary N) is 1. The molecule has 4 atom stereocenters. The first kappa shape index (κ1) is 22.8. The van der Waals surface area contributed by atoms with Crippen LogP contribution in [-0.2, 0) is 25.5 Å². The maximum atomic E-state index is 14.1. The van der Waals surface area contributed by atoms with Crippen LogP contribution in [0.25, 0.3) is 0 Å². The van der Waals surface area contributed by atoms with E-state index in [1.54, 1.807) is 18.2 Å². The lowest BCUT2D eigenvalue weighted by Gasteiger charge is -2.32. The van der Waals surface area contributed by atoms with Gasteiger partial charge in [0.05, 0.1) is 30.7 Å². The van der Waals surface area contributed by atoms with Gasteiger partial charge in [0.15, 0.2) is 11.5 Å². The standard InChI is InChI=1S/C27H24N2O6S/c1-33-26(32)27(15-16-6-3-2-4-7-16)22-21(23(28-27)20-8-5-13-36-20)24(30)29(25(22)31)17-9-10-18-19(14-17)35-12-11-34-18/h2-10,13-14,21-23,28H,11-12,15H2,1H3/t21-,22+,23-,27+/m0/s1. The van der Waals surface area contributed by atoms with Crippen LogP contribution in [0.4, 0.5) is 5.69 Å². The number of hydrogen-bond donors (Lipinski definition) is 1. The van der Waals surface area contributed by atoms with E-state index >= 15 is 0 Å². The third-order valence-corrected chi connectivity index (χ3v) is 8.12. The molecule has 2 saturated heterocycles. The maximum Gasteiger partial charge on any atom is 0.327 e. The number of ether oxygens (including phenoxy) is 3. The molecule has 36 heavy (non-hydrogen) atoms. The van der Waals surface area contributed by atoms with Gasteiger partial charge in [-0.1, -0.05) is 36.4 Å². The zero-order valence-corrected chi connectivity index (χ0v) is 20.3. The summed E-state index contributed by atoms with van der Waals surface area (Å²) >= 11 is 1.48. The van der Waals surface area contributed by atoms with Gasteiger partial charge in [-0.05, 0) is 29.1 Å². The first-order valence-corrected chi connectivity index (χ1v) is 12.6. The van der Waals surface area contributed by atoms with Crippen molar-refractivity contribution in [3.63, 3.8) is 0 Å². The zero-order valence-electron chi connectivity index (χ0n) is 19.5. The van der Waals surface area contributed by atoms with Crippen molar-refractivity contribution in [3.05, 3.63) is 76.5 Å². The molecule has 1 aromatic heterocycles. The van der Waals surface area contributed by atoms with Gasteiger partial charge in [-0.15, -0.1) is 11.3 Å². The molecular weight excluding hydrogens is 480 g/mol. The summed E-state index contributed by atoms with van der Waals surface area (Å²) in [7, 11) is 1.31. The Morgan fingerprint density at radius 3 is 2.56 bits per heavy atom. The van der Waals surface area contributed by atoms with Crippen LogP contribution in [-0.4, -0.2) is 43.6 Å². The lowest BCUT2D eigenvalue weighted by molar-refractivity contribution is -0.152. The van der Waals surface area contributed by atoms with Gasteiger partial charge in [-0.2, -0.15) is 0 Å². The second-order valence-corrected chi connectivity index (χ2v) is 10.1. The van der Waals surface area contributed by atoms with Gasteiger partial charge in [0.2, 0.25) is 11.8 Å². The molecule has 6 rings (SSSR count). The Morgan fingerprint density at radius 2 is 1.83 bits per heavy atom. The van der Waals surface area contributed by atoms with Gasteiger partial charge in [0.1, 0.15) is 18.8 Å². The van der Waals surface area contributed by atoms with Crippen LogP contribution in [0.15, 0.2) is 66.0 Å². The smallest absolute Gasteiger partial charge is 0.327 e. The molecule has 8 nitrogen and oxygen atoms in total. The molecule has 0 radical (unpaired) electrons. The monoisotopic (exact) mass is 504 g/mol. The Kier molecular flexibility index (Phi) is 5.54. The van der Waals surface area contributed by atoms with E-state index in [-0.39, 0.29) is 12.3 Å². The van der Waals surface area contributed by atoms with E-state index in [0.717, 1.165) is 10.4 Å². The lowest BCUT2D eigenvalue weighted by atomic mass is 9.76. The van der Waals surface area contributed by atoms with Crippen molar-refractivity contribution in [1.82, 2.24) is 5.32 Å². The molecule has 3 aromatic rings. The summed E-state index contributed by atoms with van der Waals surface area (Å²) in [6.07, 6.45) is 0.206. The van der Waals surface area contributed by atoms with Crippen molar-refractivity contribution < 1.29 is 28.6 Å². The summed E-state index contributed by atoms with van der Waals surface area (Å²) in [6.45, 7) is 0.823. The van der Waals surface area contributed by atoms with E-state index < -0.39 is 35.3 Å². The van der Waals surface area contributed by atoms with Crippen molar-refractivity contribution in [1.29, 1.82) is 0 Å². The fourth-order valence-electron chi connectivity index (χ4n) is 5.66. The highest BCUT2D eigenvalue weighted by Crippen LogP contribution is 2.52. The highest BCUT2D eigenvalue weighted by molar-refractivity contribution is 7.10. The topological polar surface area (TPSA) is 94.2 Å². The number of methoxy groups -OCH3 is 1. The fraction of sp³-hybridized carbons (Fsp3) is 0.296.